The molecule has 0 unspecified atom stereocenters. The predicted octanol–water partition coefficient (Wildman–Crippen LogP) is 13.4. The summed E-state index contributed by atoms with van der Waals surface area (Å²) < 4.78 is 7.51. The molecule has 0 aliphatic rings. The fourth-order valence-corrected chi connectivity index (χ4v) is 9.59. The molecule has 0 amide bonds. The van der Waals surface area contributed by atoms with Crippen LogP contribution in [0.4, 0.5) is 5.69 Å². The number of hydrogen-bond acceptors (Lipinski definition) is 2. The van der Waals surface area contributed by atoms with Crippen molar-refractivity contribution in [1.82, 2.24) is 4.57 Å². The highest BCUT2D eigenvalue weighted by Crippen LogP contribution is 2.46. The zero-order valence-electron chi connectivity index (χ0n) is 25.1. The Bertz CT molecular complexity index is 2860. The van der Waals surface area contributed by atoms with Gasteiger partial charge in [-0.15, -0.1) is 22.7 Å². The molecule has 10 rings (SSSR count). The Morgan fingerprint density at radius 2 is 1.00 bits per heavy atom. The summed E-state index contributed by atoms with van der Waals surface area (Å²) >= 11 is 3.72. The van der Waals surface area contributed by atoms with Crippen LogP contribution in [0.25, 0.3) is 94.9 Å². The summed E-state index contributed by atoms with van der Waals surface area (Å²) in [5.74, 6) is 0. The van der Waals surface area contributed by atoms with E-state index in [-0.39, 0.29) is 0 Å². The van der Waals surface area contributed by atoms with Crippen molar-refractivity contribution in [2.45, 2.75) is 0 Å². The minimum absolute atomic E-state index is 0.655. The van der Waals surface area contributed by atoms with Crippen molar-refractivity contribution in [3.8, 4) is 27.9 Å². The topological polar surface area (TPSA) is 9.29 Å². The number of nitrogens with zero attached hydrogens (tertiary/aromatic N) is 2. The maximum absolute atomic E-state index is 8.19. The van der Waals surface area contributed by atoms with Gasteiger partial charge in [0, 0.05) is 62.4 Å². The third kappa shape index (κ3) is 3.95. The first-order chi connectivity index (χ1) is 23.2. The lowest BCUT2D eigenvalue weighted by atomic mass is 9.98. The van der Waals surface area contributed by atoms with Gasteiger partial charge in [-0.1, -0.05) is 91.0 Å². The summed E-state index contributed by atoms with van der Waals surface area (Å²) in [5, 5.41) is 7.52. The van der Waals surface area contributed by atoms with E-state index in [1.165, 1.54) is 62.2 Å². The lowest BCUT2D eigenvalue weighted by molar-refractivity contribution is 1.18. The average molecular weight is 633 g/mol. The molecule has 7 aromatic carbocycles. The first kappa shape index (κ1) is 26.5. The van der Waals surface area contributed by atoms with E-state index in [1.54, 1.807) is 0 Å². The van der Waals surface area contributed by atoms with Gasteiger partial charge >= 0.3 is 0 Å². The predicted molar refractivity (Wildman–Crippen MR) is 204 cm³/mol. The summed E-state index contributed by atoms with van der Waals surface area (Å²) in [4.78, 5) is 4.05. The average Bonchev–Trinajstić information content (AvgIpc) is 3.78. The third-order valence-electron chi connectivity index (χ3n) is 9.42. The van der Waals surface area contributed by atoms with Crippen molar-refractivity contribution >= 4 is 90.5 Å². The molecule has 0 radical (unpaired) electrons. The van der Waals surface area contributed by atoms with E-state index in [9.17, 15) is 0 Å². The number of rotatable bonds is 3. The van der Waals surface area contributed by atoms with E-state index in [0.29, 0.717) is 5.69 Å². The monoisotopic (exact) mass is 632 g/mol. The van der Waals surface area contributed by atoms with E-state index in [4.69, 9.17) is 6.57 Å². The van der Waals surface area contributed by atoms with Crippen LogP contribution in [0.3, 0.4) is 0 Å². The van der Waals surface area contributed by atoms with E-state index < -0.39 is 0 Å². The molecule has 0 saturated heterocycles. The molecule has 4 heteroatoms. The Morgan fingerprint density at radius 1 is 0.426 bits per heavy atom. The number of hydrogen-bond donors (Lipinski definition) is 0. The lowest BCUT2D eigenvalue weighted by Crippen LogP contribution is -1.97. The molecule has 0 aliphatic heterocycles. The Balaban J connectivity index is 1.22. The molecule has 0 bridgehead atoms. The van der Waals surface area contributed by atoms with Crippen molar-refractivity contribution in [2.75, 3.05) is 0 Å². The van der Waals surface area contributed by atoms with Crippen molar-refractivity contribution in [2.24, 2.45) is 0 Å². The fourth-order valence-electron chi connectivity index (χ4n) is 7.30. The molecule has 0 saturated carbocycles. The van der Waals surface area contributed by atoms with Crippen LogP contribution in [0.1, 0.15) is 0 Å². The maximum atomic E-state index is 8.19. The largest absolute Gasteiger partial charge is 0.310 e. The summed E-state index contributed by atoms with van der Waals surface area (Å²) in [5.41, 5.74) is 8.45. The van der Waals surface area contributed by atoms with Gasteiger partial charge in [-0.05, 0) is 71.3 Å². The summed E-state index contributed by atoms with van der Waals surface area (Å²) in [6, 6.07) is 52.2. The van der Waals surface area contributed by atoms with E-state index in [1.807, 2.05) is 34.8 Å². The van der Waals surface area contributed by atoms with Crippen LogP contribution < -0.4 is 0 Å². The molecule has 0 atom stereocenters. The molecule has 47 heavy (non-hydrogen) atoms. The van der Waals surface area contributed by atoms with Crippen molar-refractivity contribution in [3.63, 3.8) is 0 Å². The van der Waals surface area contributed by atoms with Gasteiger partial charge in [0.2, 0.25) is 0 Å². The molecular formula is C43H24N2S2. The van der Waals surface area contributed by atoms with Crippen LogP contribution >= 0.6 is 22.7 Å². The second kappa shape index (κ2) is 10.1. The van der Waals surface area contributed by atoms with Crippen LogP contribution in [0.15, 0.2) is 146 Å². The van der Waals surface area contributed by atoms with Gasteiger partial charge in [-0.3, -0.25) is 0 Å². The molecule has 10 aromatic rings. The van der Waals surface area contributed by atoms with Gasteiger partial charge in [0.05, 0.1) is 17.6 Å². The molecule has 0 spiro atoms. The smallest absolute Gasteiger partial charge is 0.196 e. The molecule has 0 N–H and O–H groups in total. The Morgan fingerprint density at radius 3 is 1.66 bits per heavy atom. The van der Waals surface area contributed by atoms with E-state index in [2.05, 4.69) is 143 Å². The van der Waals surface area contributed by atoms with Crippen molar-refractivity contribution in [3.05, 3.63) is 157 Å². The van der Waals surface area contributed by atoms with Gasteiger partial charge < -0.3 is 4.57 Å². The van der Waals surface area contributed by atoms with Crippen molar-refractivity contribution in [1.29, 1.82) is 0 Å². The fraction of sp³-hybridized carbons (Fsp3) is 0. The Kier molecular flexibility index (Phi) is 5.71. The number of fused-ring (bicyclic) bond motifs is 9. The van der Waals surface area contributed by atoms with E-state index >= 15 is 0 Å². The molecular weight excluding hydrogens is 609 g/mol. The molecule has 3 heterocycles. The minimum atomic E-state index is 0.655. The number of thiophene rings is 2. The van der Waals surface area contributed by atoms with Crippen LogP contribution in [-0.2, 0) is 0 Å². The van der Waals surface area contributed by atoms with E-state index in [0.717, 1.165) is 27.8 Å². The maximum Gasteiger partial charge on any atom is 0.196 e. The summed E-state index contributed by atoms with van der Waals surface area (Å²) in [6.07, 6.45) is 0. The normalized spacial score (nSPS) is 11.8. The van der Waals surface area contributed by atoms with Gasteiger partial charge in [0.15, 0.2) is 5.69 Å². The quantitative estimate of drug-likeness (QED) is 0.171. The summed E-state index contributed by atoms with van der Waals surface area (Å²) in [7, 11) is 0. The molecule has 3 aromatic heterocycles. The number of benzene rings is 7. The molecule has 2 nitrogen and oxygen atoms in total. The minimum Gasteiger partial charge on any atom is -0.310 e. The van der Waals surface area contributed by atoms with Gasteiger partial charge in [0.1, 0.15) is 0 Å². The highest BCUT2D eigenvalue weighted by molar-refractivity contribution is 7.28. The highest BCUT2D eigenvalue weighted by atomic mass is 32.1. The first-order valence-electron chi connectivity index (χ1n) is 15.6. The van der Waals surface area contributed by atoms with Crippen LogP contribution in [0, 0.1) is 6.57 Å². The molecule has 218 valence electrons. The van der Waals surface area contributed by atoms with Crippen molar-refractivity contribution < 1.29 is 0 Å². The zero-order chi connectivity index (χ0) is 31.1. The van der Waals surface area contributed by atoms with Gasteiger partial charge in [0.25, 0.3) is 0 Å². The molecule has 0 aliphatic carbocycles. The second-order valence-electron chi connectivity index (χ2n) is 12.0. The highest BCUT2D eigenvalue weighted by Gasteiger charge is 2.19. The van der Waals surface area contributed by atoms with Crippen LogP contribution in [0.2, 0.25) is 0 Å². The number of para-hydroxylation sites is 2. The van der Waals surface area contributed by atoms with Gasteiger partial charge in [-0.2, -0.15) is 0 Å². The Hall–Kier alpha value is -5.73. The molecule has 0 fully saturated rings. The lowest BCUT2D eigenvalue weighted by Gasteiger charge is -2.16. The summed E-state index contributed by atoms with van der Waals surface area (Å²) in [6.45, 7) is 8.19. The van der Waals surface area contributed by atoms with Crippen LogP contribution in [0.5, 0.6) is 0 Å². The zero-order valence-corrected chi connectivity index (χ0v) is 26.7. The third-order valence-corrected chi connectivity index (χ3v) is 11.7. The van der Waals surface area contributed by atoms with Crippen LogP contribution in [-0.4, -0.2) is 4.57 Å². The standard InChI is InChI=1S/C43H24N2S2/c1-44-35-14-9-17-38(45-36-15-7-5-12-29(36)30-13-6-8-16-37(30)45)43(35)28-19-21-40-32(23-28)34-24-33-31-22-27(26-10-3-2-4-11-26)18-20-39(31)46-41(33)25-42(34)47-40/h2-25H. The Labute approximate surface area is 278 Å². The number of aromatic nitrogens is 1. The first-order valence-corrected chi connectivity index (χ1v) is 17.3. The second-order valence-corrected chi connectivity index (χ2v) is 14.2. The SMILES string of the molecule is [C-]#[N+]c1cccc(-n2c3ccccc3c3ccccc32)c1-c1ccc2sc3cc4sc5ccc(-c6ccccc6)cc5c4cc3c2c1. The van der Waals surface area contributed by atoms with Gasteiger partial charge in [-0.25, -0.2) is 4.85 Å².